The van der Waals surface area contributed by atoms with Gasteiger partial charge in [-0.3, -0.25) is 0 Å². The van der Waals surface area contributed by atoms with E-state index in [-0.39, 0.29) is 44.1 Å². The first-order valence-electron chi connectivity index (χ1n) is 11.3. The Kier molecular flexibility index (Phi) is 6.28. The van der Waals surface area contributed by atoms with Gasteiger partial charge in [-0.2, -0.15) is 39.5 Å². The summed E-state index contributed by atoms with van der Waals surface area (Å²) < 4.78 is 127. The van der Waals surface area contributed by atoms with Crippen LogP contribution in [0.2, 0.25) is 0 Å². The van der Waals surface area contributed by atoms with Gasteiger partial charge < -0.3 is 0 Å². The highest BCUT2D eigenvalue weighted by Gasteiger charge is 2.40. The van der Waals surface area contributed by atoms with Crippen molar-refractivity contribution < 1.29 is 39.5 Å². The smallest absolute Gasteiger partial charge is 0.166 e. The lowest BCUT2D eigenvalue weighted by atomic mass is 9.83. The fraction of sp³-hybridized carbons (Fsp3) is 0.214. The molecule has 0 aliphatic carbocycles. The number of benzene rings is 5. The molecule has 5 aromatic rings. The Morgan fingerprint density at radius 3 is 1.32 bits per heavy atom. The van der Waals surface area contributed by atoms with Crippen LogP contribution in [0.1, 0.15) is 35.1 Å². The van der Waals surface area contributed by atoms with E-state index in [1.807, 2.05) is 22.6 Å². The molecular formula is C28H16F9I. The minimum absolute atomic E-state index is 0.0260. The molecular weight excluding hydrogens is 634 g/mol. The van der Waals surface area contributed by atoms with Gasteiger partial charge in [0.25, 0.3) is 0 Å². The van der Waals surface area contributed by atoms with Crippen molar-refractivity contribution in [3.63, 3.8) is 0 Å². The summed E-state index contributed by atoms with van der Waals surface area (Å²) in [5, 5.41) is -0.844. The predicted octanol–water partition coefficient (Wildman–Crippen LogP) is 11.1. The number of aryl methyl sites for hydroxylation is 1. The van der Waals surface area contributed by atoms with Crippen LogP contribution in [0.25, 0.3) is 43.1 Å². The molecule has 0 aliphatic rings. The Morgan fingerprint density at radius 2 is 0.921 bits per heavy atom. The molecule has 0 bridgehead atoms. The third kappa shape index (κ3) is 4.34. The summed E-state index contributed by atoms with van der Waals surface area (Å²) in [5.41, 5.74) is -3.41. The summed E-state index contributed by atoms with van der Waals surface area (Å²) in [6.45, 7) is 3.80. The highest BCUT2D eigenvalue weighted by Crippen LogP contribution is 2.50. The number of allylic oxidation sites excluding steroid dienone is 1. The fourth-order valence-electron chi connectivity index (χ4n) is 5.35. The van der Waals surface area contributed by atoms with Gasteiger partial charge in [-0.15, -0.1) is 0 Å². The number of hydrogen-bond donors (Lipinski definition) is 0. The lowest BCUT2D eigenvalue weighted by Gasteiger charge is -2.23. The monoisotopic (exact) mass is 650 g/mol. The van der Waals surface area contributed by atoms with Crippen LogP contribution in [-0.2, 0) is 24.9 Å². The van der Waals surface area contributed by atoms with Crippen LogP contribution < -0.4 is 0 Å². The van der Waals surface area contributed by atoms with Crippen LogP contribution in [-0.4, -0.2) is 0 Å². The molecule has 0 N–H and O–H groups in total. The van der Waals surface area contributed by atoms with Crippen LogP contribution in [0.15, 0.2) is 58.7 Å². The fourth-order valence-corrected chi connectivity index (χ4v) is 5.73. The molecule has 5 rings (SSSR count). The average Bonchev–Trinajstić information content (AvgIpc) is 2.79. The lowest BCUT2D eigenvalue weighted by molar-refractivity contribution is -0.140. The maximum absolute atomic E-state index is 14.2. The number of alkyl halides is 9. The van der Waals surface area contributed by atoms with Gasteiger partial charge in [0.15, 0.2) is 0 Å². The molecule has 0 spiro atoms. The average molecular weight is 650 g/mol. The minimum Gasteiger partial charge on any atom is -0.166 e. The Bertz CT molecular complexity index is 1660. The van der Waals surface area contributed by atoms with Gasteiger partial charge in [0.2, 0.25) is 0 Å². The van der Waals surface area contributed by atoms with Crippen molar-refractivity contribution >= 4 is 65.7 Å². The standard InChI is InChI=1S/C28H16F9I/c1-13(38)3-2-4-14-5-6-15-17-8-11-20(27(32,33)34)25-21(28(35,36)37)12-9-18(24(17)25)16-7-10-19(26(29,30)31)22(14)23(15)16/h5-12H,1-4H2. The van der Waals surface area contributed by atoms with E-state index in [4.69, 9.17) is 0 Å². The molecule has 5 aromatic carbocycles. The zero-order valence-corrected chi connectivity index (χ0v) is 21.4. The van der Waals surface area contributed by atoms with E-state index >= 15 is 0 Å². The van der Waals surface area contributed by atoms with Gasteiger partial charge in [0.05, 0.1) is 16.7 Å². The van der Waals surface area contributed by atoms with E-state index in [1.54, 1.807) is 0 Å². The largest absolute Gasteiger partial charge is 0.417 e. The van der Waals surface area contributed by atoms with Crippen molar-refractivity contribution in [2.75, 3.05) is 0 Å². The third-order valence-electron chi connectivity index (χ3n) is 6.80. The Hall–Kier alpha value is -2.76. The van der Waals surface area contributed by atoms with Gasteiger partial charge in [-0.05, 0) is 107 Å². The van der Waals surface area contributed by atoms with Crippen molar-refractivity contribution in [2.45, 2.75) is 37.8 Å². The van der Waals surface area contributed by atoms with Gasteiger partial charge in [0, 0.05) is 5.39 Å². The van der Waals surface area contributed by atoms with E-state index < -0.39 is 40.6 Å². The molecule has 0 saturated heterocycles. The van der Waals surface area contributed by atoms with E-state index in [1.165, 1.54) is 12.1 Å². The van der Waals surface area contributed by atoms with Crippen molar-refractivity contribution in [1.82, 2.24) is 0 Å². The van der Waals surface area contributed by atoms with E-state index in [0.717, 1.165) is 27.8 Å². The lowest BCUT2D eigenvalue weighted by Crippen LogP contribution is -2.12. The van der Waals surface area contributed by atoms with E-state index in [2.05, 4.69) is 6.58 Å². The first kappa shape index (κ1) is 26.8. The zero-order chi connectivity index (χ0) is 27.8. The topological polar surface area (TPSA) is 0 Å². The second-order valence-corrected chi connectivity index (χ2v) is 10.6. The molecule has 0 amide bonds. The highest BCUT2D eigenvalue weighted by atomic mass is 127. The summed E-state index contributed by atoms with van der Waals surface area (Å²) in [7, 11) is 0. The van der Waals surface area contributed by atoms with Gasteiger partial charge in [0.1, 0.15) is 0 Å². The van der Waals surface area contributed by atoms with Crippen molar-refractivity contribution in [2.24, 2.45) is 0 Å². The zero-order valence-electron chi connectivity index (χ0n) is 19.2. The van der Waals surface area contributed by atoms with Gasteiger partial charge in [-0.25, -0.2) is 0 Å². The highest BCUT2D eigenvalue weighted by molar-refractivity contribution is 14.1. The normalized spacial score (nSPS) is 13.4. The van der Waals surface area contributed by atoms with Crippen molar-refractivity contribution in [3.05, 3.63) is 80.9 Å². The molecule has 198 valence electrons. The number of halogens is 10. The van der Waals surface area contributed by atoms with Crippen LogP contribution >= 0.6 is 22.6 Å². The van der Waals surface area contributed by atoms with E-state index in [9.17, 15) is 39.5 Å². The molecule has 0 aliphatic heterocycles. The van der Waals surface area contributed by atoms with Gasteiger partial charge in [-0.1, -0.05) is 36.9 Å². The van der Waals surface area contributed by atoms with Crippen LogP contribution in [0, 0.1) is 0 Å². The molecule has 38 heavy (non-hydrogen) atoms. The Morgan fingerprint density at radius 1 is 0.553 bits per heavy atom. The number of fused-ring (bicyclic) bond motifs is 2. The predicted molar refractivity (Wildman–Crippen MR) is 139 cm³/mol. The number of rotatable bonds is 4. The maximum Gasteiger partial charge on any atom is 0.417 e. The van der Waals surface area contributed by atoms with Gasteiger partial charge >= 0.3 is 18.5 Å². The van der Waals surface area contributed by atoms with Crippen molar-refractivity contribution in [3.8, 4) is 0 Å². The molecule has 0 aromatic heterocycles. The van der Waals surface area contributed by atoms with Crippen LogP contribution in [0.3, 0.4) is 0 Å². The van der Waals surface area contributed by atoms with E-state index in [0.29, 0.717) is 30.5 Å². The Labute approximate surface area is 223 Å². The minimum atomic E-state index is -5.08. The SMILES string of the molecule is C=C(I)CCCc1ccc2c3ccc(C(F)(F)F)c4c(C(F)(F)F)ccc(c5ccc(C(F)(F)F)c1c25)c43. The van der Waals surface area contributed by atoms with Crippen LogP contribution in [0.5, 0.6) is 0 Å². The first-order chi connectivity index (χ1) is 17.6. The Balaban J connectivity index is 2.00. The molecule has 0 radical (unpaired) electrons. The van der Waals surface area contributed by atoms with Crippen molar-refractivity contribution in [1.29, 1.82) is 0 Å². The quantitative estimate of drug-likeness (QED) is 0.0786. The molecule has 0 unspecified atom stereocenters. The summed E-state index contributed by atoms with van der Waals surface area (Å²) >= 11 is 2.03. The molecule has 0 atom stereocenters. The second kappa shape index (κ2) is 8.89. The summed E-state index contributed by atoms with van der Waals surface area (Å²) in [6, 6.07) is 8.20. The molecule has 0 heterocycles. The molecule has 0 saturated carbocycles. The summed E-state index contributed by atoms with van der Waals surface area (Å²) in [5.74, 6) is 0. The maximum atomic E-state index is 14.2. The van der Waals surface area contributed by atoms with Crippen LogP contribution in [0.4, 0.5) is 39.5 Å². The molecule has 0 nitrogen and oxygen atoms in total. The first-order valence-corrected chi connectivity index (χ1v) is 12.4. The molecule has 0 fully saturated rings. The number of hydrogen-bond acceptors (Lipinski definition) is 0. The molecule has 10 heteroatoms. The second-order valence-electron chi connectivity index (χ2n) is 9.12. The summed E-state index contributed by atoms with van der Waals surface area (Å²) in [4.78, 5) is 0. The summed E-state index contributed by atoms with van der Waals surface area (Å²) in [6.07, 6.45) is -13.5. The third-order valence-corrected chi connectivity index (χ3v) is 7.34.